The molecule has 1 aromatic heterocycles. The zero-order chi connectivity index (χ0) is 17.9. The van der Waals surface area contributed by atoms with Crippen LogP contribution in [0.2, 0.25) is 0 Å². The number of hydrogen-bond donors (Lipinski definition) is 1. The van der Waals surface area contributed by atoms with Gasteiger partial charge in [-0.25, -0.2) is 4.98 Å². The van der Waals surface area contributed by atoms with Gasteiger partial charge in [-0.3, -0.25) is 14.7 Å². The van der Waals surface area contributed by atoms with Crippen LogP contribution in [0.3, 0.4) is 0 Å². The third-order valence-corrected chi connectivity index (χ3v) is 5.48. The Balaban J connectivity index is 1.49. The third-order valence-electron chi connectivity index (χ3n) is 5.48. The molecule has 2 aromatic rings. The SMILES string of the molecule is CN1CCN(c2nc3c(c(=O)[nH]2)CCN(Cc2ccccc2)CC3)CC1. The molecule has 2 aliphatic heterocycles. The molecule has 0 unspecified atom stereocenters. The maximum Gasteiger partial charge on any atom is 0.255 e. The van der Waals surface area contributed by atoms with Crippen molar-refractivity contribution in [3.8, 4) is 0 Å². The lowest BCUT2D eigenvalue weighted by Gasteiger charge is -2.32. The van der Waals surface area contributed by atoms with Crippen molar-refractivity contribution >= 4 is 5.95 Å². The highest BCUT2D eigenvalue weighted by molar-refractivity contribution is 5.35. The lowest BCUT2D eigenvalue weighted by molar-refractivity contribution is 0.279. The van der Waals surface area contributed by atoms with Gasteiger partial charge >= 0.3 is 0 Å². The van der Waals surface area contributed by atoms with E-state index in [4.69, 9.17) is 4.98 Å². The quantitative estimate of drug-likeness (QED) is 0.896. The van der Waals surface area contributed by atoms with Crippen LogP contribution in [-0.4, -0.2) is 66.1 Å². The van der Waals surface area contributed by atoms with Gasteiger partial charge in [0.05, 0.1) is 5.69 Å². The Morgan fingerprint density at radius 2 is 1.73 bits per heavy atom. The van der Waals surface area contributed by atoms with Crippen LogP contribution in [-0.2, 0) is 19.4 Å². The van der Waals surface area contributed by atoms with Gasteiger partial charge in [0.25, 0.3) is 5.56 Å². The van der Waals surface area contributed by atoms with E-state index in [1.807, 2.05) is 6.07 Å². The van der Waals surface area contributed by atoms with Crippen molar-refractivity contribution in [3.63, 3.8) is 0 Å². The predicted molar refractivity (Wildman–Crippen MR) is 104 cm³/mol. The van der Waals surface area contributed by atoms with Crippen molar-refractivity contribution in [3.05, 3.63) is 57.5 Å². The second-order valence-corrected chi connectivity index (χ2v) is 7.37. The molecule has 0 amide bonds. The van der Waals surface area contributed by atoms with Crippen LogP contribution in [0, 0.1) is 0 Å². The largest absolute Gasteiger partial charge is 0.340 e. The molecule has 1 aromatic carbocycles. The van der Waals surface area contributed by atoms with E-state index in [9.17, 15) is 4.79 Å². The van der Waals surface area contributed by atoms with Crippen LogP contribution in [0.1, 0.15) is 16.8 Å². The molecular formula is C20H27N5O. The van der Waals surface area contributed by atoms with E-state index in [2.05, 4.69) is 51.0 Å². The number of nitrogens with one attached hydrogen (secondary N) is 1. The number of benzene rings is 1. The van der Waals surface area contributed by atoms with Gasteiger partial charge in [0, 0.05) is 57.8 Å². The number of aromatic amines is 1. The average molecular weight is 353 g/mol. The molecule has 26 heavy (non-hydrogen) atoms. The van der Waals surface area contributed by atoms with Crippen molar-refractivity contribution in [2.75, 3.05) is 51.2 Å². The molecule has 6 nitrogen and oxygen atoms in total. The highest BCUT2D eigenvalue weighted by Gasteiger charge is 2.22. The molecule has 0 bridgehead atoms. The molecule has 0 spiro atoms. The Kier molecular flexibility index (Phi) is 5.04. The fourth-order valence-corrected chi connectivity index (χ4v) is 3.81. The molecule has 2 aliphatic rings. The summed E-state index contributed by atoms with van der Waals surface area (Å²) < 4.78 is 0. The minimum Gasteiger partial charge on any atom is -0.340 e. The number of anilines is 1. The van der Waals surface area contributed by atoms with Gasteiger partial charge in [-0.15, -0.1) is 0 Å². The first-order chi connectivity index (χ1) is 12.7. The summed E-state index contributed by atoms with van der Waals surface area (Å²) in [7, 11) is 2.13. The van der Waals surface area contributed by atoms with Gasteiger partial charge in [-0.05, 0) is 19.0 Å². The molecular weight excluding hydrogens is 326 g/mol. The monoisotopic (exact) mass is 353 g/mol. The van der Waals surface area contributed by atoms with Gasteiger partial charge in [-0.1, -0.05) is 30.3 Å². The van der Waals surface area contributed by atoms with Gasteiger partial charge in [0.2, 0.25) is 5.95 Å². The number of nitrogens with zero attached hydrogens (tertiary/aromatic N) is 4. The average Bonchev–Trinajstić information content (AvgIpc) is 2.86. The fraction of sp³-hybridized carbons (Fsp3) is 0.500. The van der Waals surface area contributed by atoms with Crippen LogP contribution >= 0.6 is 0 Å². The minimum absolute atomic E-state index is 0.0467. The number of aromatic nitrogens is 2. The molecule has 6 heteroatoms. The summed E-state index contributed by atoms with van der Waals surface area (Å²) in [6.07, 6.45) is 1.61. The summed E-state index contributed by atoms with van der Waals surface area (Å²) in [6.45, 7) is 6.62. The molecule has 0 atom stereocenters. The molecule has 0 aliphatic carbocycles. The van der Waals surface area contributed by atoms with Gasteiger partial charge < -0.3 is 9.80 Å². The summed E-state index contributed by atoms with van der Waals surface area (Å²) in [5.74, 6) is 0.748. The van der Waals surface area contributed by atoms with Crippen molar-refractivity contribution in [2.45, 2.75) is 19.4 Å². The molecule has 3 heterocycles. The van der Waals surface area contributed by atoms with Crippen molar-refractivity contribution < 1.29 is 0 Å². The van der Waals surface area contributed by atoms with E-state index in [0.717, 1.165) is 75.9 Å². The summed E-state index contributed by atoms with van der Waals surface area (Å²) in [4.78, 5) is 27.5. The van der Waals surface area contributed by atoms with Crippen molar-refractivity contribution in [1.82, 2.24) is 19.8 Å². The van der Waals surface area contributed by atoms with Crippen LogP contribution in [0.4, 0.5) is 5.95 Å². The van der Waals surface area contributed by atoms with Crippen LogP contribution in [0.5, 0.6) is 0 Å². The number of piperazine rings is 1. The zero-order valence-electron chi connectivity index (χ0n) is 15.4. The summed E-state index contributed by atoms with van der Waals surface area (Å²) >= 11 is 0. The number of hydrogen-bond acceptors (Lipinski definition) is 5. The molecule has 4 rings (SSSR count). The van der Waals surface area contributed by atoms with Crippen LogP contribution in [0.25, 0.3) is 0 Å². The highest BCUT2D eigenvalue weighted by atomic mass is 16.1. The second kappa shape index (κ2) is 7.60. The van der Waals surface area contributed by atoms with Crippen molar-refractivity contribution in [1.29, 1.82) is 0 Å². The number of H-pyrrole nitrogens is 1. The van der Waals surface area contributed by atoms with E-state index in [0.29, 0.717) is 0 Å². The summed E-state index contributed by atoms with van der Waals surface area (Å²) in [6, 6.07) is 10.5. The van der Waals surface area contributed by atoms with E-state index < -0.39 is 0 Å². The third kappa shape index (κ3) is 3.81. The Labute approximate surface area is 154 Å². The molecule has 1 saturated heterocycles. The van der Waals surface area contributed by atoms with Gasteiger partial charge in [-0.2, -0.15) is 0 Å². The maximum atomic E-state index is 12.7. The molecule has 1 N–H and O–H groups in total. The lowest BCUT2D eigenvalue weighted by Crippen LogP contribution is -2.45. The first-order valence-corrected chi connectivity index (χ1v) is 9.51. The maximum absolute atomic E-state index is 12.7. The first kappa shape index (κ1) is 17.2. The first-order valence-electron chi connectivity index (χ1n) is 9.51. The standard InChI is InChI=1S/C20H27N5O/c1-23-11-13-25(14-12-23)20-21-18-8-10-24(9-7-17(18)19(26)22-20)15-16-5-3-2-4-6-16/h2-6H,7-15H2,1H3,(H,21,22,26). The topological polar surface area (TPSA) is 55.5 Å². The Hall–Kier alpha value is -2.18. The Bertz CT molecular complexity index is 796. The van der Waals surface area contributed by atoms with E-state index in [1.54, 1.807) is 0 Å². The number of rotatable bonds is 3. The Morgan fingerprint density at radius 3 is 2.50 bits per heavy atom. The van der Waals surface area contributed by atoms with E-state index in [1.165, 1.54) is 5.56 Å². The molecule has 138 valence electrons. The highest BCUT2D eigenvalue weighted by Crippen LogP contribution is 2.16. The molecule has 0 radical (unpaired) electrons. The number of likely N-dealkylation sites (N-methyl/N-ethyl adjacent to an activating group) is 1. The molecule has 1 fully saturated rings. The molecule has 0 saturated carbocycles. The van der Waals surface area contributed by atoms with Crippen molar-refractivity contribution in [2.24, 2.45) is 0 Å². The van der Waals surface area contributed by atoms with Crippen LogP contribution in [0.15, 0.2) is 35.1 Å². The van der Waals surface area contributed by atoms with Gasteiger partial charge in [0.1, 0.15) is 0 Å². The second-order valence-electron chi connectivity index (χ2n) is 7.37. The summed E-state index contributed by atoms with van der Waals surface area (Å²) in [5, 5.41) is 0. The van der Waals surface area contributed by atoms with Gasteiger partial charge in [0.15, 0.2) is 0 Å². The lowest BCUT2D eigenvalue weighted by atomic mass is 10.1. The normalized spacial score (nSPS) is 19.2. The van der Waals surface area contributed by atoms with E-state index >= 15 is 0 Å². The van der Waals surface area contributed by atoms with Crippen LogP contribution < -0.4 is 10.5 Å². The van der Waals surface area contributed by atoms with E-state index in [-0.39, 0.29) is 5.56 Å². The minimum atomic E-state index is 0.0467. The Morgan fingerprint density at radius 1 is 1.00 bits per heavy atom. The fourth-order valence-electron chi connectivity index (χ4n) is 3.81. The zero-order valence-corrected chi connectivity index (χ0v) is 15.4. The predicted octanol–water partition coefficient (Wildman–Crippen LogP) is 1.12. The number of fused-ring (bicyclic) bond motifs is 1. The summed E-state index contributed by atoms with van der Waals surface area (Å²) in [5.41, 5.74) is 3.22. The smallest absolute Gasteiger partial charge is 0.255 e.